The molecule has 1 atom stereocenters. The van der Waals surface area contributed by atoms with Crippen molar-refractivity contribution in [1.82, 2.24) is 9.71 Å². The Bertz CT molecular complexity index is 683. The molecule has 2 rings (SSSR count). The summed E-state index contributed by atoms with van der Waals surface area (Å²) in [5, 5.41) is 9.16. The SMILES string of the molecule is O=C(O)C1(NS(=O)(=O)c2cnccc2C(F)(F)F)CCOC1. The van der Waals surface area contributed by atoms with E-state index in [1.807, 2.05) is 0 Å². The van der Waals surface area contributed by atoms with Gasteiger partial charge in [0.25, 0.3) is 0 Å². The molecule has 0 bridgehead atoms. The highest BCUT2D eigenvalue weighted by Crippen LogP contribution is 2.34. The van der Waals surface area contributed by atoms with Crippen LogP contribution in [-0.4, -0.2) is 43.2 Å². The molecule has 0 saturated carbocycles. The first-order valence-electron chi connectivity index (χ1n) is 5.95. The molecule has 0 amide bonds. The Morgan fingerprint density at radius 2 is 2.14 bits per heavy atom. The van der Waals surface area contributed by atoms with Crippen molar-refractivity contribution >= 4 is 16.0 Å². The van der Waals surface area contributed by atoms with Crippen LogP contribution in [0.5, 0.6) is 0 Å². The smallest absolute Gasteiger partial charge is 0.417 e. The molecular formula is C11H11F3N2O5S. The summed E-state index contributed by atoms with van der Waals surface area (Å²) in [5.41, 5.74) is -3.41. The maximum absolute atomic E-state index is 12.9. The predicted octanol–water partition coefficient (Wildman–Crippen LogP) is 0.622. The van der Waals surface area contributed by atoms with Crippen molar-refractivity contribution < 1.29 is 36.2 Å². The molecule has 0 spiro atoms. The Balaban J connectivity index is 2.46. The number of hydrogen-bond donors (Lipinski definition) is 2. The summed E-state index contributed by atoms with van der Waals surface area (Å²) in [6.45, 7) is -0.489. The van der Waals surface area contributed by atoms with Gasteiger partial charge in [-0.15, -0.1) is 0 Å². The lowest BCUT2D eigenvalue weighted by Crippen LogP contribution is -2.55. The van der Waals surface area contributed by atoms with Gasteiger partial charge in [-0.3, -0.25) is 9.78 Å². The molecule has 122 valence electrons. The van der Waals surface area contributed by atoms with E-state index in [9.17, 15) is 26.4 Å². The second-order valence-electron chi connectivity index (χ2n) is 4.66. The molecule has 2 heterocycles. The van der Waals surface area contributed by atoms with E-state index in [-0.39, 0.29) is 13.0 Å². The zero-order valence-corrected chi connectivity index (χ0v) is 11.7. The van der Waals surface area contributed by atoms with Crippen LogP contribution in [0, 0.1) is 0 Å². The molecule has 0 aliphatic carbocycles. The number of ether oxygens (including phenoxy) is 1. The lowest BCUT2D eigenvalue weighted by Gasteiger charge is -2.24. The van der Waals surface area contributed by atoms with E-state index in [4.69, 9.17) is 9.84 Å². The minimum Gasteiger partial charge on any atom is -0.480 e. The van der Waals surface area contributed by atoms with Crippen LogP contribution < -0.4 is 4.72 Å². The number of carboxylic acids is 1. The van der Waals surface area contributed by atoms with Crippen molar-refractivity contribution in [1.29, 1.82) is 0 Å². The Morgan fingerprint density at radius 3 is 2.64 bits per heavy atom. The van der Waals surface area contributed by atoms with Crippen LogP contribution in [0.1, 0.15) is 12.0 Å². The average molecular weight is 340 g/mol. The fourth-order valence-electron chi connectivity index (χ4n) is 2.00. The van der Waals surface area contributed by atoms with E-state index < -0.39 is 44.8 Å². The molecule has 1 saturated heterocycles. The monoisotopic (exact) mass is 340 g/mol. The number of rotatable bonds is 4. The number of alkyl halides is 3. The molecule has 1 aliphatic heterocycles. The number of aromatic nitrogens is 1. The predicted molar refractivity (Wildman–Crippen MR) is 65.4 cm³/mol. The fourth-order valence-corrected chi connectivity index (χ4v) is 3.54. The maximum Gasteiger partial charge on any atom is 0.417 e. The van der Waals surface area contributed by atoms with Crippen LogP contribution in [0.2, 0.25) is 0 Å². The number of nitrogens with one attached hydrogen (secondary N) is 1. The quantitative estimate of drug-likeness (QED) is 0.832. The van der Waals surface area contributed by atoms with E-state index in [0.29, 0.717) is 12.3 Å². The summed E-state index contributed by atoms with van der Waals surface area (Å²) < 4.78 is 69.7. The second kappa shape index (κ2) is 5.48. The summed E-state index contributed by atoms with van der Waals surface area (Å²) in [7, 11) is -4.75. The number of carboxylic acid groups (broad SMARTS) is 1. The van der Waals surface area contributed by atoms with Gasteiger partial charge in [0.15, 0.2) is 5.54 Å². The van der Waals surface area contributed by atoms with Gasteiger partial charge < -0.3 is 9.84 Å². The number of carbonyl (C=O) groups is 1. The van der Waals surface area contributed by atoms with Crippen LogP contribution in [0.15, 0.2) is 23.4 Å². The van der Waals surface area contributed by atoms with Crippen molar-refractivity contribution in [3.8, 4) is 0 Å². The van der Waals surface area contributed by atoms with Gasteiger partial charge in [0.2, 0.25) is 10.0 Å². The Labute approximate surface area is 123 Å². The first-order chi connectivity index (χ1) is 10.1. The van der Waals surface area contributed by atoms with Crippen molar-refractivity contribution in [3.63, 3.8) is 0 Å². The van der Waals surface area contributed by atoms with Crippen molar-refractivity contribution in [3.05, 3.63) is 24.0 Å². The molecule has 2 N–H and O–H groups in total. The van der Waals surface area contributed by atoms with Crippen molar-refractivity contribution in [2.24, 2.45) is 0 Å². The van der Waals surface area contributed by atoms with E-state index >= 15 is 0 Å². The molecule has 1 aromatic heterocycles. The second-order valence-corrected chi connectivity index (χ2v) is 6.32. The average Bonchev–Trinajstić information content (AvgIpc) is 2.87. The molecule has 7 nitrogen and oxygen atoms in total. The molecular weight excluding hydrogens is 329 g/mol. The van der Waals surface area contributed by atoms with Gasteiger partial charge in [0.1, 0.15) is 4.90 Å². The van der Waals surface area contributed by atoms with Crippen LogP contribution >= 0.6 is 0 Å². The highest BCUT2D eigenvalue weighted by Gasteiger charge is 2.47. The molecule has 0 radical (unpaired) electrons. The van der Waals surface area contributed by atoms with Gasteiger partial charge in [-0.1, -0.05) is 0 Å². The number of pyridine rings is 1. The minimum atomic E-state index is -4.92. The van der Waals surface area contributed by atoms with Crippen LogP contribution in [-0.2, 0) is 25.7 Å². The van der Waals surface area contributed by atoms with Gasteiger partial charge in [-0.05, 0) is 6.07 Å². The molecule has 1 aliphatic rings. The highest BCUT2D eigenvalue weighted by atomic mass is 32.2. The van der Waals surface area contributed by atoms with Crippen LogP contribution in [0.4, 0.5) is 13.2 Å². The van der Waals surface area contributed by atoms with E-state index in [0.717, 1.165) is 6.20 Å². The minimum absolute atomic E-state index is 0.0199. The first-order valence-corrected chi connectivity index (χ1v) is 7.43. The number of hydrogen-bond acceptors (Lipinski definition) is 5. The van der Waals surface area contributed by atoms with E-state index in [1.54, 1.807) is 4.72 Å². The van der Waals surface area contributed by atoms with Crippen LogP contribution in [0.25, 0.3) is 0 Å². The van der Waals surface area contributed by atoms with Gasteiger partial charge in [0.05, 0.1) is 12.2 Å². The summed E-state index contributed by atoms with van der Waals surface area (Å²) >= 11 is 0. The van der Waals surface area contributed by atoms with Gasteiger partial charge >= 0.3 is 12.1 Å². The summed E-state index contributed by atoms with van der Waals surface area (Å²) in [4.78, 5) is 13.5. The topological polar surface area (TPSA) is 106 Å². The summed E-state index contributed by atoms with van der Waals surface area (Å²) in [6, 6.07) is 0.507. The molecule has 1 fully saturated rings. The number of sulfonamides is 1. The highest BCUT2D eigenvalue weighted by molar-refractivity contribution is 7.89. The lowest BCUT2D eigenvalue weighted by molar-refractivity contribution is -0.144. The third-order valence-corrected chi connectivity index (χ3v) is 4.70. The van der Waals surface area contributed by atoms with E-state index in [2.05, 4.69) is 4.98 Å². The maximum atomic E-state index is 12.9. The Morgan fingerprint density at radius 1 is 1.45 bits per heavy atom. The largest absolute Gasteiger partial charge is 0.480 e. The summed E-state index contributed by atoms with van der Waals surface area (Å²) in [6.07, 6.45) is -3.79. The van der Waals surface area contributed by atoms with Gasteiger partial charge in [0, 0.05) is 25.4 Å². The fraction of sp³-hybridized carbons (Fsp3) is 0.455. The number of halogens is 3. The van der Waals surface area contributed by atoms with Gasteiger partial charge in [-0.25, -0.2) is 8.42 Å². The van der Waals surface area contributed by atoms with Crippen molar-refractivity contribution in [2.75, 3.05) is 13.2 Å². The summed E-state index contributed by atoms with van der Waals surface area (Å²) in [5.74, 6) is -1.52. The molecule has 11 heteroatoms. The van der Waals surface area contributed by atoms with Crippen LogP contribution in [0.3, 0.4) is 0 Å². The Hall–Kier alpha value is -1.72. The Kier molecular flexibility index (Phi) is 4.15. The van der Waals surface area contributed by atoms with Gasteiger partial charge in [-0.2, -0.15) is 17.9 Å². The normalized spacial score (nSPS) is 22.7. The number of nitrogens with zero attached hydrogens (tertiary/aromatic N) is 1. The number of aliphatic carboxylic acids is 1. The lowest BCUT2D eigenvalue weighted by atomic mass is 10.0. The standard InChI is InChI=1S/C11H11F3N2O5S/c12-11(13,14)7-1-3-15-5-8(7)22(19,20)16-10(9(17)18)2-4-21-6-10/h1,3,5,16H,2,4,6H2,(H,17,18). The zero-order chi connectivity index (χ0) is 16.6. The first kappa shape index (κ1) is 16.6. The third-order valence-electron chi connectivity index (χ3n) is 3.14. The molecule has 0 aromatic carbocycles. The third kappa shape index (κ3) is 3.05. The van der Waals surface area contributed by atoms with Crippen molar-refractivity contribution in [2.45, 2.75) is 23.0 Å². The molecule has 1 unspecified atom stereocenters. The molecule has 1 aromatic rings. The zero-order valence-electron chi connectivity index (χ0n) is 10.9. The molecule has 22 heavy (non-hydrogen) atoms. The van der Waals surface area contributed by atoms with E-state index in [1.165, 1.54) is 0 Å².